The number of non-ortho nitro benzene ring substituents is 1. The summed E-state index contributed by atoms with van der Waals surface area (Å²) in [6.45, 7) is 7.20. The Morgan fingerprint density at radius 3 is 2.68 bits per heavy atom. The van der Waals surface area contributed by atoms with Gasteiger partial charge in [0.1, 0.15) is 11.4 Å². The van der Waals surface area contributed by atoms with E-state index in [1.807, 2.05) is 0 Å². The lowest BCUT2D eigenvalue weighted by Gasteiger charge is -2.19. The number of nitrogens with one attached hydrogen (secondary N) is 1. The Morgan fingerprint density at radius 2 is 2.09 bits per heavy atom. The Kier molecular flexibility index (Phi) is 4.07. The van der Waals surface area contributed by atoms with Gasteiger partial charge in [0.15, 0.2) is 0 Å². The molecule has 1 aromatic carbocycles. The molecule has 118 valence electrons. The van der Waals surface area contributed by atoms with Crippen molar-refractivity contribution in [1.82, 2.24) is 5.32 Å². The average Bonchev–Trinajstić information content (AvgIpc) is 2.69. The zero-order chi connectivity index (χ0) is 16.5. The van der Waals surface area contributed by atoms with E-state index in [-0.39, 0.29) is 17.8 Å². The Bertz CT molecular complexity index is 727. The van der Waals surface area contributed by atoms with Crippen LogP contribution in [0.25, 0.3) is 11.0 Å². The summed E-state index contributed by atoms with van der Waals surface area (Å²) in [5.74, 6) is 0.528. The van der Waals surface area contributed by atoms with Crippen molar-refractivity contribution >= 4 is 22.7 Å². The summed E-state index contributed by atoms with van der Waals surface area (Å²) >= 11 is 0. The van der Waals surface area contributed by atoms with Gasteiger partial charge < -0.3 is 14.5 Å². The summed E-state index contributed by atoms with van der Waals surface area (Å²) in [6.07, 6.45) is -0.549. The number of nitro benzene ring substituents is 1. The van der Waals surface area contributed by atoms with Crippen molar-refractivity contribution in [3.05, 3.63) is 39.6 Å². The predicted octanol–water partition coefficient (Wildman–Crippen LogP) is 3.67. The van der Waals surface area contributed by atoms with E-state index in [9.17, 15) is 14.9 Å². The van der Waals surface area contributed by atoms with Gasteiger partial charge in [-0.05, 0) is 27.7 Å². The minimum Gasteiger partial charge on any atom is -0.454 e. The SMILES string of the molecule is Cc1oc2c([N+](=O)[O-])cccc2c1CNC(=O)OC(C)(C)C. The summed E-state index contributed by atoms with van der Waals surface area (Å²) in [5.41, 5.74) is 0.232. The number of furan rings is 1. The van der Waals surface area contributed by atoms with Crippen LogP contribution in [0.1, 0.15) is 32.1 Å². The minimum absolute atomic E-state index is 0.0934. The van der Waals surface area contributed by atoms with Gasteiger partial charge >= 0.3 is 11.8 Å². The normalized spacial score (nSPS) is 11.5. The lowest BCUT2D eigenvalue weighted by atomic mass is 10.1. The van der Waals surface area contributed by atoms with Crippen LogP contribution < -0.4 is 5.32 Å². The van der Waals surface area contributed by atoms with Crippen molar-refractivity contribution in [1.29, 1.82) is 0 Å². The summed E-state index contributed by atoms with van der Waals surface area (Å²) in [4.78, 5) is 22.2. The zero-order valence-corrected chi connectivity index (χ0v) is 12.9. The summed E-state index contributed by atoms with van der Waals surface area (Å²) < 4.78 is 10.7. The van der Waals surface area contributed by atoms with E-state index in [2.05, 4.69) is 5.32 Å². The molecule has 0 aliphatic rings. The number of hydrogen-bond donors (Lipinski definition) is 1. The molecule has 0 bridgehead atoms. The third-order valence-electron chi connectivity index (χ3n) is 3.00. The van der Waals surface area contributed by atoms with Crippen LogP contribution in [-0.4, -0.2) is 16.6 Å². The first kappa shape index (κ1) is 15.8. The van der Waals surface area contributed by atoms with Crippen LogP contribution in [0.5, 0.6) is 0 Å². The second-order valence-corrected chi connectivity index (χ2v) is 5.90. The van der Waals surface area contributed by atoms with Crippen LogP contribution in [0, 0.1) is 17.0 Å². The monoisotopic (exact) mass is 306 g/mol. The molecule has 0 saturated carbocycles. The van der Waals surface area contributed by atoms with E-state index in [0.29, 0.717) is 16.7 Å². The number of benzene rings is 1. The molecule has 7 heteroatoms. The fourth-order valence-electron chi connectivity index (χ4n) is 2.11. The van der Waals surface area contributed by atoms with Crippen LogP contribution in [-0.2, 0) is 11.3 Å². The molecule has 22 heavy (non-hydrogen) atoms. The van der Waals surface area contributed by atoms with Gasteiger partial charge in [-0.1, -0.05) is 12.1 Å². The second-order valence-electron chi connectivity index (χ2n) is 5.90. The van der Waals surface area contributed by atoms with Crippen LogP contribution in [0.2, 0.25) is 0 Å². The van der Waals surface area contributed by atoms with Gasteiger partial charge in [-0.15, -0.1) is 0 Å². The quantitative estimate of drug-likeness (QED) is 0.689. The Labute approximate surface area is 127 Å². The standard InChI is InChI=1S/C15H18N2O5/c1-9-11(8-16-14(18)22-15(2,3)4)10-6-5-7-12(17(19)20)13(10)21-9/h5-7H,8H2,1-4H3,(H,16,18). The van der Waals surface area contributed by atoms with Gasteiger partial charge in [-0.2, -0.15) is 0 Å². The maximum atomic E-state index is 11.7. The van der Waals surface area contributed by atoms with Gasteiger partial charge in [-0.25, -0.2) is 4.79 Å². The molecule has 1 heterocycles. The number of alkyl carbamates (subject to hydrolysis) is 1. The van der Waals surface area contributed by atoms with Crippen molar-refractivity contribution in [3.63, 3.8) is 0 Å². The molecule has 0 unspecified atom stereocenters. The lowest BCUT2D eigenvalue weighted by Crippen LogP contribution is -2.32. The Morgan fingerprint density at radius 1 is 1.41 bits per heavy atom. The zero-order valence-electron chi connectivity index (χ0n) is 12.9. The third-order valence-corrected chi connectivity index (χ3v) is 3.00. The summed E-state index contributed by atoms with van der Waals surface area (Å²) in [5, 5.41) is 14.3. The highest BCUT2D eigenvalue weighted by molar-refractivity contribution is 5.89. The third kappa shape index (κ3) is 3.36. The molecule has 0 fully saturated rings. The maximum Gasteiger partial charge on any atom is 0.407 e. The van der Waals surface area contributed by atoms with Crippen LogP contribution in [0.15, 0.2) is 22.6 Å². The number of carbonyl (C=O) groups excluding carboxylic acids is 1. The van der Waals surface area contributed by atoms with E-state index in [1.165, 1.54) is 6.07 Å². The highest BCUT2D eigenvalue weighted by Crippen LogP contribution is 2.32. The lowest BCUT2D eigenvalue weighted by molar-refractivity contribution is -0.383. The van der Waals surface area contributed by atoms with E-state index in [1.54, 1.807) is 39.8 Å². The topological polar surface area (TPSA) is 94.6 Å². The first-order chi connectivity index (χ1) is 10.2. The molecule has 0 radical (unpaired) electrons. The van der Waals surface area contributed by atoms with E-state index in [0.717, 1.165) is 0 Å². The second kappa shape index (κ2) is 5.67. The highest BCUT2D eigenvalue weighted by Gasteiger charge is 2.21. The largest absolute Gasteiger partial charge is 0.454 e. The molecular weight excluding hydrogens is 288 g/mol. The number of amides is 1. The maximum absolute atomic E-state index is 11.7. The van der Waals surface area contributed by atoms with Crippen molar-refractivity contribution in [2.75, 3.05) is 0 Å². The van der Waals surface area contributed by atoms with Gasteiger partial charge in [-0.3, -0.25) is 10.1 Å². The molecule has 1 aromatic heterocycles. The minimum atomic E-state index is -0.587. The van der Waals surface area contributed by atoms with Crippen LogP contribution in [0.4, 0.5) is 10.5 Å². The molecule has 2 rings (SSSR count). The van der Waals surface area contributed by atoms with Gasteiger partial charge in [0.25, 0.3) is 0 Å². The van der Waals surface area contributed by atoms with Crippen molar-refractivity contribution in [3.8, 4) is 0 Å². The number of fused-ring (bicyclic) bond motifs is 1. The van der Waals surface area contributed by atoms with Gasteiger partial charge in [0, 0.05) is 17.0 Å². The van der Waals surface area contributed by atoms with E-state index in [4.69, 9.17) is 9.15 Å². The summed E-state index contributed by atoms with van der Waals surface area (Å²) in [6, 6.07) is 4.70. The summed E-state index contributed by atoms with van der Waals surface area (Å²) in [7, 11) is 0. The van der Waals surface area contributed by atoms with E-state index < -0.39 is 16.6 Å². The first-order valence-electron chi connectivity index (χ1n) is 6.81. The fourth-order valence-corrected chi connectivity index (χ4v) is 2.11. The van der Waals surface area contributed by atoms with Crippen molar-refractivity contribution in [2.45, 2.75) is 39.8 Å². The molecule has 0 aliphatic carbocycles. The smallest absolute Gasteiger partial charge is 0.407 e. The predicted molar refractivity (Wildman–Crippen MR) is 80.7 cm³/mol. The molecule has 0 spiro atoms. The Hall–Kier alpha value is -2.57. The van der Waals surface area contributed by atoms with Crippen LogP contribution >= 0.6 is 0 Å². The number of nitro groups is 1. The fraction of sp³-hybridized carbons (Fsp3) is 0.400. The molecule has 0 atom stereocenters. The molecule has 0 saturated heterocycles. The van der Waals surface area contributed by atoms with Crippen molar-refractivity contribution < 1.29 is 18.9 Å². The molecule has 1 amide bonds. The number of carbonyl (C=O) groups is 1. The molecule has 0 aliphatic heterocycles. The molecule has 1 N–H and O–H groups in total. The number of nitrogens with zero attached hydrogens (tertiary/aromatic N) is 1. The number of aryl methyl sites for hydroxylation is 1. The number of hydrogen-bond acceptors (Lipinski definition) is 5. The average molecular weight is 306 g/mol. The molecule has 2 aromatic rings. The van der Waals surface area contributed by atoms with Gasteiger partial charge in [0.05, 0.1) is 11.5 Å². The van der Waals surface area contributed by atoms with Crippen molar-refractivity contribution in [2.24, 2.45) is 0 Å². The number of rotatable bonds is 3. The molecular formula is C15H18N2O5. The van der Waals surface area contributed by atoms with E-state index >= 15 is 0 Å². The molecule has 7 nitrogen and oxygen atoms in total. The highest BCUT2D eigenvalue weighted by atomic mass is 16.6. The first-order valence-corrected chi connectivity index (χ1v) is 6.81. The number of ether oxygens (including phenoxy) is 1. The van der Waals surface area contributed by atoms with Crippen LogP contribution in [0.3, 0.4) is 0 Å². The number of para-hydroxylation sites is 1. The van der Waals surface area contributed by atoms with Gasteiger partial charge in [0.2, 0.25) is 5.58 Å². The Balaban J connectivity index is 2.25.